The molecule has 7 nitrogen and oxygen atoms in total. The number of hydrogen-bond acceptors (Lipinski definition) is 5. The van der Waals surface area contributed by atoms with E-state index in [1.54, 1.807) is 14.2 Å². The number of nitrogens with zero attached hydrogens (tertiary/aromatic N) is 2. The molecule has 192 valence electrons. The number of carbonyl (C=O) groups is 1. The van der Waals surface area contributed by atoms with E-state index in [1.165, 1.54) is 0 Å². The van der Waals surface area contributed by atoms with Crippen LogP contribution in [-0.2, 0) is 11.3 Å². The first-order valence-electron chi connectivity index (χ1n) is 12.5. The summed E-state index contributed by atoms with van der Waals surface area (Å²) in [6.45, 7) is 13.8. The first-order valence-corrected chi connectivity index (χ1v) is 12.5. The van der Waals surface area contributed by atoms with Crippen LogP contribution in [0.1, 0.15) is 56.2 Å². The largest absolute Gasteiger partial charge is 0.493 e. The number of benzene rings is 2. The lowest BCUT2D eigenvalue weighted by Gasteiger charge is -2.31. The molecule has 0 unspecified atom stereocenters. The summed E-state index contributed by atoms with van der Waals surface area (Å²) in [6, 6.07) is 12.0. The maximum absolute atomic E-state index is 13.7. The summed E-state index contributed by atoms with van der Waals surface area (Å²) in [5.41, 5.74) is 4.24. The van der Waals surface area contributed by atoms with Crippen molar-refractivity contribution in [2.45, 2.75) is 46.1 Å². The van der Waals surface area contributed by atoms with E-state index >= 15 is 0 Å². The summed E-state index contributed by atoms with van der Waals surface area (Å²) in [5, 5.41) is 3.29. The van der Waals surface area contributed by atoms with Gasteiger partial charge in [-0.25, -0.2) is 4.79 Å². The highest BCUT2D eigenvalue weighted by Crippen LogP contribution is 2.33. The summed E-state index contributed by atoms with van der Waals surface area (Å²) in [6.07, 6.45) is 0. The van der Waals surface area contributed by atoms with Gasteiger partial charge in [-0.1, -0.05) is 52.0 Å². The van der Waals surface area contributed by atoms with E-state index < -0.39 is 0 Å². The molecule has 0 atom stereocenters. The van der Waals surface area contributed by atoms with Gasteiger partial charge in [-0.05, 0) is 40.7 Å². The van der Waals surface area contributed by atoms with E-state index in [1.807, 2.05) is 23.1 Å². The molecule has 35 heavy (non-hydrogen) atoms. The molecule has 1 aliphatic rings. The van der Waals surface area contributed by atoms with Gasteiger partial charge in [-0.3, -0.25) is 4.90 Å². The minimum absolute atomic E-state index is 0.0944. The third-order valence-electron chi connectivity index (χ3n) is 6.50. The highest BCUT2D eigenvalue weighted by Gasteiger charge is 2.22. The molecule has 0 radical (unpaired) electrons. The van der Waals surface area contributed by atoms with Crippen molar-refractivity contribution in [3.05, 3.63) is 53.1 Å². The lowest BCUT2D eigenvalue weighted by Crippen LogP contribution is -2.44. The summed E-state index contributed by atoms with van der Waals surface area (Å²) in [5.74, 6) is 1.94. The number of rotatable bonds is 10. The van der Waals surface area contributed by atoms with Crippen molar-refractivity contribution in [1.29, 1.82) is 0 Å². The summed E-state index contributed by atoms with van der Waals surface area (Å²) < 4.78 is 16.4. The molecule has 0 spiro atoms. The van der Waals surface area contributed by atoms with Crippen molar-refractivity contribution in [2.24, 2.45) is 0 Å². The molecule has 2 aromatic rings. The fourth-order valence-electron chi connectivity index (χ4n) is 4.42. The first kappa shape index (κ1) is 26.8. The van der Waals surface area contributed by atoms with Gasteiger partial charge >= 0.3 is 6.03 Å². The van der Waals surface area contributed by atoms with Gasteiger partial charge in [0.15, 0.2) is 11.5 Å². The number of nitrogens with one attached hydrogen (secondary N) is 1. The molecule has 7 heteroatoms. The van der Waals surface area contributed by atoms with Crippen molar-refractivity contribution >= 4 is 11.7 Å². The van der Waals surface area contributed by atoms with E-state index in [-0.39, 0.29) is 6.03 Å². The highest BCUT2D eigenvalue weighted by molar-refractivity contribution is 5.91. The molecular weight excluding hydrogens is 442 g/mol. The fraction of sp³-hybridized carbons (Fsp3) is 0.536. The third-order valence-corrected chi connectivity index (χ3v) is 6.50. The van der Waals surface area contributed by atoms with E-state index in [0.717, 1.165) is 55.2 Å². The van der Waals surface area contributed by atoms with Crippen LogP contribution in [0.25, 0.3) is 0 Å². The highest BCUT2D eigenvalue weighted by atomic mass is 16.5. The maximum atomic E-state index is 13.7. The summed E-state index contributed by atoms with van der Waals surface area (Å²) in [7, 11) is 3.25. The number of amides is 2. The van der Waals surface area contributed by atoms with Crippen molar-refractivity contribution in [1.82, 2.24) is 9.80 Å². The van der Waals surface area contributed by atoms with E-state index in [2.05, 4.69) is 56.1 Å². The van der Waals surface area contributed by atoms with Crippen LogP contribution in [0, 0.1) is 0 Å². The average molecular weight is 484 g/mol. The van der Waals surface area contributed by atoms with Crippen molar-refractivity contribution in [3.63, 3.8) is 0 Å². The predicted octanol–water partition coefficient (Wildman–Crippen LogP) is 5.32. The predicted molar refractivity (Wildman–Crippen MR) is 141 cm³/mol. The molecule has 0 saturated carbocycles. The van der Waals surface area contributed by atoms with Gasteiger partial charge in [0, 0.05) is 38.4 Å². The van der Waals surface area contributed by atoms with Gasteiger partial charge < -0.3 is 24.4 Å². The molecule has 2 amide bonds. The van der Waals surface area contributed by atoms with E-state index in [9.17, 15) is 4.79 Å². The Morgan fingerprint density at radius 3 is 2.20 bits per heavy atom. The molecule has 2 aromatic carbocycles. The molecule has 1 heterocycles. The summed E-state index contributed by atoms with van der Waals surface area (Å²) >= 11 is 0. The quantitative estimate of drug-likeness (QED) is 0.496. The number of hydrogen-bond donors (Lipinski definition) is 1. The van der Waals surface area contributed by atoms with Gasteiger partial charge in [0.1, 0.15) is 0 Å². The van der Waals surface area contributed by atoms with Crippen molar-refractivity contribution < 1.29 is 19.0 Å². The third kappa shape index (κ3) is 7.12. The van der Waals surface area contributed by atoms with Crippen LogP contribution in [-0.4, -0.2) is 69.4 Å². The fourth-order valence-corrected chi connectivity index (χ4v) is 4.42. The van der Waals surface area contributed by atoms with Gasteiger partial charge in [0.25, 0.3) is 0 Å². The second-order valence-electron chi connectivity index (χ2n) is 9.62. The molecule has 0 aromatic heterocycles. The Kier molecular flexibility index (Phi) is 9.81. The molecule has 1 N–H and O–H groups in total. The van der Waals surface area contributed by atoms with Crippen LogP contribution in [0.4, 0.5) is 10.5 Å². The van der Waals surface area contributed by atoms with Gasteiger partial charge in [-0.2, -0.15) is 0 Å². The minimum Gasteiger partial charge on any atom is -0.493 e. The Morgan fingerprint density at radius 2 is 1.63 bits per heavy atom. The molecule has 1 aliphatic heterocycles. The number of anilines is 1. The molecule has 0 bridgehead atoms. The lowest BCUT2D eigenvalue weighted by atomic mass is 9.93. The lowest BCUT2D eigenvalue weighted by molar-refractivity contribution is 0.0349. The number of ether oxygens (including phenoxy) is 3. The Morgan fingerprint density at radius 1 is 1.00 bits per heavy atom. The average Bonchev–Trinajstić information content (AvgIpc) is 2.86. The second kappa shape index (κ2) is 12.8. The van der Waals surface area contributed by atoms with Crippen LogP contribution in [0.2, 0.25) is 0 Å². The number of urea groups is 1. The molecular formula is C28H41N3O4. The zero-order chi connectivity index (χ0) is 25.4. The topological polar surface area (TPSA) is 63.3 Å². The number of carbonyl (C=O) groups excluding carboxylic acids is 1. The Bertz CT molecular complexity index is 944. The normalized spacial score (nSPS) is 14.3. The van der Waals surface area contributed by atoms with Crippen LogP contribution in [0.15, 0.2) is 36.4 Å². The maximum Gasteiger partial charge on any atom is 0.322 e. The monoisotopic (exact) mass is 483 g/mol. The zero-order valence-corrected chi connectivity index (χ0v) is 22.1. The SMILES string of the molecule is COc1ccc(CN(CCN2CCOCC2)C(=O)Nc2c(C(C)C)cccc2C(C)C)cc1OC. The van der Waals surface area contributed by atoms with Crippen LogP contribution in [0.5, 0.6) is 11.5 Å². The number of morpholine rings is 1. The van der Waals surface area contributed by atoms with Gasteiger partial charge in [0.2, 0.25) is 0 Å². The van der Waals surface area contributed by atoms with Crippen LogP contribution < -0.4 is 14.8 Å². The first-order chi connectivity index (χ1) is 16.8. The minimum atomic E-state index is -0.0944. The number of para-hydroxylation sites is 1. The van der Waals surface area contributed by atoms with Crippen molar-refractivity contribution in [3.8, 4) is 11.5 Å². The Hall–Kier alpha value is -2.77. The van der Waals surface area contributed by atoms with Crippen LogP contribution in [0.3, 0.4) is 0 Å². The standard InChI is InChI=1S/C28H41N3O4/c1-20(2)23-8-7-9-24(21(3)4)27(23)29-28(32)31(13-12-30-14-16-35-17-15-30)19-22-10-11-25(33-5)26(18-22)34-6/h7-11,18,20-21H,12-17,19H2,1-6H3,(H,29,32). The van der Waals surface area contributed by atoms with Gasteiger partial charge in [-0.15, -0.1) is 0 Å². The van der Waals surface area contributed by atoms with Crippen molar-refractivity contribution in [2.75, 3.05) is 58.9 Å². The molecule has 1 saturated heterocycles. The molecule has 1 fully saturated rings. The summed E-state index contributed by atoms with van der Waals surface area (Å²) in [4.78, 5) is 18.0. The number of methoxy groups -OCH3 is 2. The van der Waals surface area contributed by atoms with E-state index in [0.29, 0.717) is 36.4 Å². The Balaban J connectivity index is 1.86. The van der Waals surface area contributed by atoms with Gasteiger partial charge in [0.05, 0.1) is 27.4 Å². The zero-order valence-electron chi connectivity index (χ0n) is 22.1. The molecule has 3 rings (SSSR count). The Labute approximate surface area is 210 Å². The smallest absolute Gasteiger partial charge is 0.322 e. The van der Waals surface area contributed by atoms with Crippen LogP contribution >= 0.6 is 0 Å². The molecule has 0 aliphatic carbocycles. The van der Waals surface area contributed by atoms with E-state index in [4.69, 9.17) is 14.2 Å². The second-order valence-corrected chi connectivity index (χ2v) is 9.62.